The number of ether oxygens (including phenoxy) is 8. The first-order valence-corrected chi connectivity index (χ1v) is 15.4. The highest BCUT2D eigenvalue weighted by molar-refractivity contribution is 5.86. The van der Waals surface area contributed by atoms with Crippen LogP contribution in [-0.2, 0) is 78.1 Å². The van der Waals surface area contributed by atoms with Gasteiger partial charge in [-0.25, -0.2) is 14.4 Å². The second kappa shape index (κ2) is 17.4. The fraction of sp³-hybridized carbons (Fsp3) is 0.562. The lowest BCUT2D eigenvalue weighted by Crippen LogP contribution is -2.71. The van der Waals surface area contributed by atoms with Crippen molar-refractivity contribution in [3.05, 3.63) is 35.9 Å². The number of methoxy groups -OCH3 is 1. The number of amides is 2. The Hall–Kier alpha value is -5.26. The van der Waals surface area contributed by atoms with Crippen LogP contribution >= 0.6 is 0 Å². The number of carbonyl (C=O) groups excluding carboxylic acids is 8. The Kier molecular flexibility index (Phi) is 13.6. The summed E-state index contributed by atoms with van der Waals surface area (Å²) in [6.07, 6.45) is -10.0. The van der Waals surface area contributed by atoms with E-state index < -0.39 is 115 Å². The number of esters is 6. The molecule has 0 aromatic heterocycles. The Balaban J connectivity index is 2.07. The van der Waals surface area contributed by atoms with Crippen molar-refractivity contribution in [2.24, 2.45) is 0 Å². The maximum Gasteiger partial charge on any atom is 0.408 e. The van der Waals surface area contributed by atoms with Gasteiger partial charge in [0.25, 0.3) is 0 Å². The first-order chi connectivity index (χ1) is 23.6. The Morgan fingerprint density at radius 2 is 1.54 bits per heavy atom. The third-order valence-electron chi connectivity index (χ3n) is 7.60. The summed E-state index contributed by atoms with van der Waals surface area (Å²) in [4.78, 5) is 101. The van der Waals surface area contributed by atoms with Gasteiger partial charge in [0.2, 0.25) is 11.5 Å². The monoisotopic (exact) mass is 708 g/mol. The van der Waals surface area contributed by atoms with Gasteiger partial charge in [-0.15, -0.1) is 0 Å². The predicted molar refractivity (Wildman–Crippen MR) is 163 cm³/mol. The summed E-state index contributed by atoms with van der Waals surface area (Å²) in [6, 6.07) is 5.95. The summed E-state index contributed by atoms with van der Waals surface area (Å²) in [6.45, 7) is 4.48. The van der Waals surface area contributed by atoms with Crippen LogP contribution in [0.15, 0.2) is 30.3 Å². The summed E-state index contributed by atoms with van der Waals surface area (Å²) in [5.74, 6) is -6.32. The molecule has 3 rings (SSSR count). The third kappa shape index (κ3) is 10.4. The molecule has 2 amide bonds. The fourth-order valence-electron chi connectivity index (χ4n) is 5.70. The van der Waals surface area contributed by atoms with Crippen LogP contribution in [0.2, 0.25) is 0 Å². The number of rotatable bonds is 13. The number of nitrogens with one attached hydrogen (secondary N) is 2. The molecule has 1 unspecified atom stereocenters. The minimum Gasteiger partial charge on any atom is -0.467 e. The molecular formula is C32H40N2O16. The molecule has 50 heavy (non-hydrogen) atoms. The molecule has 2 N–H and O–H groups in total. The van der Waals surface area contributed by atoms with Gasteiger partial charge in [0.05, 0.1) is 13.2 Å². The second-order valence-electron chi connectivity index (χ2n) is 11.5. The van der Waals surface area contributed by atoms with E-state index >= 15 is 0 Å². The molecule has 18 nitrogen and oxygen atoms in total. The van der Waals surface area contributed by atoms with Crippen LogP contribution in [0.25, 0.3) is 0 Å². The minimum atomic E-state index is -2.35. The lowest BCUT2D eigenvalue weighted by Gasteiger charge is -2.50. The SMILES string of the molecule is COC(=O)[C@@]1(C2C[C@H](NC(=O)OCc3ccccc3)C(=O)O2)C[C@H](OC(C)=O)[C@@H](NC(C)=O)[C@H]([C@H](OC(C)=O)[C@@H](COC(C)=O)OC(C)=O)O1. The number of cyclic esters (lactones) is 1. The first-order valence-electron chi connectivity index (χ1n) is 15.4. The highest BCUT2D eigenvalue weighted by atomic mass is 16.7. The maximum absolute atomic E-state index is 13.7. The van der Waals surface area contributed by atoms with Gasteiger partial charge in [-0.3, -0.25) is 24.0 Å². The van der Waals surface area contributed by atoms with Gasteiger partial charge in [-0.2, -0.15) is 0 Å². The maximum atomic E-state index is 13.7. The fourth-order valence-corrected chi connectivity index (χ4v) is 5.70. The van der Waals surface area contributed by atoms with E-state index in [1.807, 2.05) is 0 Å². The summed E-state index contributed by atoms with van der Waals surface area (Å²) < 4.78 is 43.7. The normalized spacial score (nSPS) is 25.4. The topological polar surface area (TPSA) is 234 Å². The molecule has 1 aromatic carbocycles. The quantitative estimate of drug-likeness (QED) is 0.205. The van der Waals surface area contributed by atoms with Crippen LogP contribution in [0, 0.1) is 0 Å². The molecule has 0 spiro atoms. The van der Waals surface area contributed by atoms with Crippen LogP contribution in [0.1, 0.15) is 53.0 Å². The number of benzene rings is 1. The Bertz CT molecular complexity index is 1450. The minimum absolute atomic E-state index is 0.113. The van der Waals surface area contributed by atoms with Gasteiger partial charge >= 0.3 is 41.9 Å². The van der Waals surface area contributed by atoms with Crippen LogP contribution < -0.4 is 10.6 Å². The van der Waals surface area contributed by atoms with Crippen molar-refractivity contribution in [3.8, 4) is 0 Å². The molecule has 0 aliphatic carbocycles. The molecule has 0 radical (unpaired) electrons. The van der Waals surface area contributed by atoms with Crippen molar-refractivity contribution in [1.82, 2.24) is 10.6 Å². The van der Waals surface area contributed by atoms with Crippen LogP contribution in [-0.4, -0.2) is 110 Å². The summed E-state index contributed by atoms with van der Waals surface area (Å²) in [5.41, 5.74) is -1.68. The van der Waals surface area contributed by atoms with E-state index in [1.54, 1.807) is 30.3 Å². The van der Waals surface area contributed by atoms with Gasteiger partial charge in [-0.1, -0.05) is 30.3 Å². The zero-order valence-electron chi connectivity index (χ0n) is 28.3. The molecule has 1 aromatic rings. The Labute approximate surface area is 286 Å². The van der Waals surface area contributed by atoms with Gasteiger partial charge in [-0.05, 0) is 5.56 Å². The van der Waals surface area contributed by atoms with E-state index in [-0.39, 0.29) is 6.61 Å². The highest BCUT2D eigenvalue weighted by Gasteiger charge is 2.64. The lowest BCUT2D eigenvalue weighted by atomic mass is 9.79. The molecule has 0 bridgehead atoms. The summed E-state index contributed by atoms with van der Waals surface area (Å²) in [7, 11) is 1.00. The zero-order chi connectivity index (χ0) is 37.2. The largest absolute Gasteiger partial charge is 0.467 e. The van der Waals surface area contributed by atoms with Crippen molar-refractivity contribution < 1.29 is 76.3 Å². The van der Waals surface area contributed by atoms with Crippen molar-refractivity contribution in [2.45, 2.75) is 102 Å². The smallest absolute Gasteiger partial charge is 0.408 e. The third-order valence-corrected chi connectivity index (χ3v) is 7.60. The van der Waals surface area contributed by atoms with Gasteiger partial charge in [0.15, 0.2) is 12.2 Å². The van der Waals surface area contributed by atoms with E-state index in [0.717, 1.165) is 41.7 Å². The average molecular weight is 709 g/mol. The van der Waals surface area contributed by atoms with Crippen molar-refractivity contribution in [3.63, 3.8) is 0 Å². The average Bonchev–Trinajstić information content (AvgIpc) is 3.41. The number of carbonyl (C=O) groups is 8. The molecule has 2 saturated heterocycles. The van der Waals surface area contributed by atoms with Crippen LogP contribution in [0.5, 0.6) is 0 Å². The molecule has 2 aliphatic heterocycles. The Morgan fingerprint density at radius 1 is 0.880 bits per heavy atom. The first kappa shape index (κ1) is 39.2. The molecular weight excluding hydrogens is 668 g/mol. The van der Waals surface area contributed by atoms with E-state index in [2.05, 4.69) is 10.6 Å². The van der Waals surface area contributed by atoms with Gasteiger partial charge < -0.3 is 48.5 Å². The molecule has 274 valence electrons. The van der Waals surface area contributed by atoms with Crippen LogP contribution in [0.4, 0.5) is 4.79 Å². The molecule has 0 saturated carbocycles. The summed E-state index contributed by atoms with van der Waals surface area (Å²) in [5, 5.41) is 4.94. The molecule has 2 aliphatic rings. The van der Waals surface area contributed by atoms with E-state index in [9.17, 15) is 38.4 Å². The van der Waals surface area contributed by atoms with Crippen molar-refractivity contribution >= 4 is 47.8 Å². The van der Waals surface area contributed by atoms with Gasteiger partial charge in [0, 0.05) is 47.5 Å². The second-order valence-corrected chi connectivity index (χ2v) is 11.5. The van der Waals surface area contributed by atoms with Crippen molar-refractivity contribution in [2.75, 3.05) is 13.7 Å². The highest BCUT2D eigenvalue weighted by Crippen LogP contribution is 2.42. The molecule has 2 fully saturated rings. The molecule has 2 heterocycles. The molecule has 18 heteroatoms. The number of hydrogen-bond acceptors (Lipinski definition) is 16. The van der Waals surface area contributed by atoms with E-state index in [4.69, 9.17) is 37.9 Å². The van der Waals surface area contributed by atoms with Crippen LogP contribution in [0.3, 0.4) is 0 Å². The summed E-state index contributed by atoms with van der Waals surface area (Å²) >= 11 is 0. The van der Waals surface area contributed by atoms with E-state index in [1.165, 1.54) is 0 Å². The standard InChI is InChI=1S/C32H40N2O16/c1-16(35)33-26-23(46-18(3)37)13-32(30(41)43-6,50-28(26)27(48-20(5)39)24(47-19(4)38)15-44-17(2)36)25-12-22(29(40)49-25)34-31(42)45-14-21-10-8-7-9-11-21/h7-11,22-28H,12-15H2,1-6H3,(H,33,35)(H,34,42)/t22-,23-,24+,25?,26+,27+,28+,32-/m0/s1. The lowest BCUT2D eigenvalue weighted by molar-refractivity contribution is -0.259. The number of alkyl carbamates (subject to hydrolysis) is 1. The predicted octanol–water partition coefficient (Wildman–Crippen LogP) is 0.161. The zero-order valence-corrected chi connectivity index (χ0v) is 28.3. The van der Waals surface area contributed by atoms with E-state index in [0.29, 0.717) is 5.56 Å². The number of hydrogen-bond donors (Lipinski definition) is 2. The van der Waals surface area contributed by atoms with Crippen molar-refractivity contribution in [1.29, 1.82) is 0 Å². The molecule has 8 atom stereocenters. The Morgan fingerprint density at radius 3 is 2.10 bits per heavy atom. The van der Waals surface area contributed by atoms with Gasteiger partial charge in [0.1, 0.15) is 37.6 Å².